The highest BCUT2D eigenvalue weighted by atomic mass is 16.6. The minimum absolute atomic E-state index is 0.00902. The summed E-state index contributed by atoms with van der Waals surface area (Å²) < 4.78 is 10.1. The Balaban J connectivity index is 2.05. The molecule has 3 heteroatoms. The summed E-state index contributed by atoms with van der Waals surface area (Å²) in [4.78, 5) is 11.4. The Labute approximate surface area is 91.4 Å². The van der Waals surface area contributed by atoms with Crippen LogP contribution in [0.2, 0.25) is 0 Å². The Morgan fingerprint density at radius 2 is 2.33 bits per heavy atom. The molecule has 1 rings (SSSR count). The van der Waals surface area contributed by atoms with E-state index in [-0.39, 0.29) is 18.0 Å². The van der Waals surface area contributed by atoms with Crippen molar-refractivity contribution in [1.29, 1.82) is 0 Å². The van der Waals surface area contributed by atoms with Crippen LogP contribution in [-0.4, -0.2) is 25.3 Å². The van der Waals surface area contributed by atoms with E-state index in [0.29, 0.717) is 6.61 Å². The van der Waals surface area contributed by atoms with Gasteiger partial charge in [0.1, 0.15) is 12.7 Å². The predicted octanol–water partition coefficient (Wildman–Crippen LogP) is 2.31. The zero-order valence-corrected chi connectivity index (χ0v) is 9.57. The second-order valence-electron chi connectivity index (χ2n) is 3.94. The number of rotatable bonds is 7. The lowest BCUT2D eigenvalue weighted by Crippen LogP contribution is -2.17. The summed E-state index contributed by atoms with van der Waals surface area (Å²) in [6.07, 6.45) is 7.27. The third-order valence-corrected chi connectivity index (χ3v) is 2.38. The number of hydrogen-bond acceptors (Lipinski definition) is 3. The Morgan fingerprint density at radius 1 is 1.60 bits per heavy atom. The Morgan fingerprint density at radius 3 is 2.93 bits per heavy atom. The average molecular weight is 212 g/mol. The maximum atomic E-state index is 11.4. The Kier molecular flexibility index (Phi) is 5.40. The molecule has 2 unspecified atom stereocenters. The fraction of sp³-hybridized carbons (Fsp3) is 0.750. The molecule has 2 atom stereocenters. The summed E-state index contributed by atoms with van der Waals surface area (Å²) in [5.74, 6) is -0.111. The molecule has 0 aromatic heterocycles. The standard InChI is InChI=1S/C12H20O3/c1-3-4-5-6-7-10(2)12(13)15-9-11-8-14-11/h4-5,10-11H,3,6-9H2,1-2H3. The van der Waals surface area contributed by atoms with E-state index in [1.807, 2.05) is 6.92 Å². The van der Waals surface area contributed by atoms with Crippen LogP contribution in [0.1, 0.15) is 33.1 Å². The zero-order valence-electron chi connectivity index (χ0n) is 9.57. The molecule has 0 spiro atoms. The van der Waals surface area contributed by atoms with Gasteiger partial charge in [0.05, 0.1) is 12.5 Å². The quantitative estimate of drug-likeness (QED) is 0.369. The first-order valence-electron chi connectivity index (χ1n) is 5.67. The highest BCUT2D eigenvalue weighted by Crippen LogP contribution is 2.12. The van der Waals surface area contributed by atoms with Crippen molar-refractivity contribution < 1.29 is 14.3 Å². The first kappa shape index (κ1) is 12.2. The SMILES string of the molecule is CCC=CCCC(C)C(=O)OCC1CO1. The normalized spacial score (nSPS) is 21.6. The minimum Gasteiger partial charge on any atom is -0.463 e. The van der Waals surface area contributed by atoms with Gasteiger partial charge < -0.3 is 9.47 Å². The number of allylic oxidation sites excluding steroid dienone is 2. The lowest BCUT2D eigenvalue weighted by Gasteiger charge is -2.09. The number of hydrogen-bond donors (Lipinski definition) is 0. The van der Waals surface area contributed by atoms with Crippen LogP contribution in [0.15, 0.2) is 12.2 Å². The summed E-state index contributed by atoms with van der Waals surface area (Å²) in [7, 11) is 0. The van der Waals surface area contributed by atoms with Crippen LogP contribution >= 0.6 is 0 Å². The van der Waals surface area contributed by atoms with E-state index >= 15 is 0 Å². The van der Waals surface area contributed by atoms with Gasteiger partial charge in [0.2, 0.25) is 0 Å². The predicted molar refractivity (Wildman–Crippen MR) is 58.5 cm³/mol. The van der Waals surface area contributed by atoms with Gasteiger partial charge in [-0.25, -0.2) is 0 Å². The third kappa shape index (κ3) is 5.57. The van der Waals surface area contributed by atoms with Crippen LogP contribution in [0, 0.1) is 5.92 Å². The van der Waals surface area contributed by atoms with Gasteiger partial charge in [-0.15, -0.1) is 0 Å². The van der Waals surface area contributed by atoms with Gasteiger partial charge in [-0.1, -0.05) is 26.0 Å². The molecule has 3 nitrogen and oxygen atoms in total. The second-order valence-corrected chi connectivity index (χ2v) is 3.94. The summed E-state index contributed by atoms with van der Waals surface area (Å²) in [5, 5.41) is 0. The van der Waals surface area contributed by atoms with E-state index in [4.69, 9.17) is 9.47 Å². The van der Waals surface area contributed by atoms with E-state index in [9.17, 15) is 4.79 Å². The van der Waals surface area contributed by atoms with Crippen LogP contribution in [-0.2, 0) is 14.3 Å². The molecule has 0 radical (unpaired) electrons. The highest BCUT2D eigenvalue weighted by Gasteiger charge is 2.25. The highest BCUT2D eigenvalue weighted by molar-refractivity contribution is 5.71. The number of esters is 1. The maximum Gasteiger partial charge on any atom is 0.308 e. The molecule has 1 aliphatic heterocycles. The number of carbonyl (C=O) groups excluding carboxylic acids is 1. The molecule has 1 fully saturated rings. The van der Waals surface area contributed by atoms with E-state index < -0.39 is 0 Å². The molecular weight excluding hydrogens is 192 g/mol. The zero-order chi connectivity index (χ0) is 11.1. The molecule has 0 aliphatic carbocycles. The molecule has 15 heavy (non-hydrogen) atoms. The Hall–Kier alpha value is -0.830. The van der Waals surface area contributed by atoms with Crippen LogP contribution in [0.25, 0.3) is 0 Å². The minimum atomic E-state index is -0.101. The first-order valence-corrected chi connectivity index (χ1v) is 5.67. The first-order chi connectivity index (χ1) is 7.24. The van der Waals surface area contributed by atoms with Gasteiger partial charge in [0, 0.05) is 0 Å². The van der Waals surface area contributed by atoms with Crippen molar-refractivity contribution in [3.63, 3.8) is 0 Å². The monoisotopic (exact) mass is 212 g/mol. The van der Waals surface area contributed by atoms with Crippen molar-refractivity contribution in [2.24, 2.45) is 5.92 Å². The molecule has 1 aliphatic rings. The van der Waals surface area contributed by atoms with Crippen molar-refractivity contribution in [3.8, 4) is 0 Å². The van der Waals surface area contributed by atoms with Gasteiger partial charge >= 0.3 is 5.97 Å². The van der Waals surface area contributed by atoms with Gasteiger partial charge in [-0.3, -0.25) is 4.79 Å². The molecule has 1 saturated heterocycles. The molecule has 1 heterocycles. The number of epoxide rings is 1. The summed E-state index contributed by atoms with van der Waals surface area (Å²) >= 11 is 0. The van der Waals surface area contributed by atoms with Crippen LogP contribution in [0.4, 0.5) is 0 Å². The van der Waals surface area contributed by atoms with Gasteiger partial charge in [0.25, 0.3) is 0 Å². The average Bonchev–Trinajstić information content (AvgIpc) is 3.04. The van der Waals surface area contributed by atoms with Gasteiger partial charge in [-0.05, 0) is 19.3 Å². The fourth-order valence-corrected chi connectivity index (χ4v) is 1.23. The van der Waals surface area contributed by atoms with Crippen LogP contribution in [0.3, 0.4) is 0 Å². The molecule has 0 bridgehead atoms. The van der Waals surface area contributed by atoms with E-state index in [0.717, 1.165) is 25.9 Å². The van der Waals surface area contributed by atoms with Gasteiger partial charge in [-0.2, -0.15) is 0 Å². The smallest absolute Gasteiger partial charge is 0.308 e. The van der Waals surface area contributed by atoms with Crippen molar-refractivity contribution in [2.45, 2.75) is 39.2 Å². The summed E-state index contributed by atoms with van der Waals surface area (Å²) in [6, 6.07) is 0. The molecule has 0 saturated carbocycles. The fourth-order valence-electron chi connectivity index (χ4n) is 1.23. The van der Waals surface area contributed by atoms with E-state index in [1.165, 1.54) is 0 Å². The Bertz CT molecular complexity index is 219. The number of ether oxygens (including phenoxy) is 2. The molecule has 86 valence electrons. The third-order valence-electron chi connectivity index (χ3n) is 2.38. The van der Waals surface area contributed by atoms with Gasteiger partial charge in [0.15, 0.2) is 0 Å². The molecule has 0 N–H and O–H groups in total. The maximum absolute atomic E-state index is 11.4. The topological polar surface area (TPSA) is 38.8 Å². The van der Waals surface area contributed by atoms with Crippen molar-refractivity contribution in [1.82, 2.24) is 0 Å². The number of carbonyl (C=O) groups is 1. The molecular formula is C12H20O3. The van der Waals surface area contributed by atoms with Crippen LogP contribution < -0.4 is 0 Å². The van der Waals surface area contributed by atoms with Crippen molar-refractivity contribution >= 4 is 5.97 Å². The largest absolute Gasteiger partial charge is 0.463 e. The second kappa shape index (κ2) is 6.62. The molecule has 0 aromatic carbocycles. The van der Waals surface area contributed by atoms with Crippen LogP contribution in [0.5, 0.6) is 0 Å². The summed E-state index contributed by atoms with van der Waals surface area (Å²) in [6.45, 7) is 5.18. The molecule has 0 aromatic rings. The summed E-state index contributed by atoms with van der Waals surface area (Å²) in [5.41, 5.74) is 0. The van der Waals surface area contributed by atoms with E-state index in [1.54, 1.807) is 0 Å². The van der Waals surface area contributed by atoms with Crippen molar-refractivity contribution in [2.75, 3.05) is 13.2 Å². The lowest BCUT2D eigenvalue weighted by atomic mass is 10.1. The van der Waals surface area contributed by atoms with Crippen molar-refractivity contribution in [3.05, 3.63) is 12.2 Å². The molecule has 0 amide bonds. The van der Waals surface area contributed by atoms with E-state index in [2.05, 4.69) is 19.1 Å². The lowest BCUT2D eigenvalue weighted by molar-refractivity contribution is -0.148.